The van der Waals surface area contributed by atoms with Gasteiger partial charge < -0.3 is 9.80 Å². The molecule has 0 fully saturated rings. The van der Waals surface area contributed by atoms with Crippen LogP contribution in [0.2, 0.25) is 0 Å². The number of para-hydroxylation sites is 2. The molecular weight excluding hydrogens is 701 g/mol. The van der Waals surface area contributed by atoms with E-state index in [1.165, 1.54) is 65.7 Å². The summed E-state index contributed by atoms with van der Waals surface area (Å²) in [7, 11) is 0. The molecule has 0 aromatic heterocycles. The Kier molecular flexibility index (Phi) is 9.01. The highest BCUT2D eigenvalue weighted by Gasteiger charge is 2.18. The van der Waals surface area contributed by atoms with Gasteiger partial charge in [-0.2, -0.15) is 0 Å². The van der Waals surface area contributed by atoms with Crippen LogP contribution in [0.25, 0.3) is 54.6 Å². The van der Waals surface area contributed by atoms with Crippen LogP contribution in [-0.4, -0.2) is 0 Å². The van der Waals surface area contributed by atoms with Crippen molar-refractivity contribution in [3.8, 4) is 22.3 Å². The van der Waals surface area contributed by atoms with Crippen molar-refractivity contribution < 1.29 is 0 Å². The van der Waals surface area contributed by atoms with E-state index < -0.39 is 0 Å². The summed E-state index contributed by atoms with van der Waals surface area (Å²) in [5.41, 5.74) is 14.1. The van der Waals surface area contributed by atoms with Gasteiger partial charge in [0.15, 0.2) is 0 Å². The quantitative estimate of drug-likeness (QED) is 0.143. The largest absolute Gasteiger partial charge is 0.311 e. The van der Waals surface area contributed by atoms with E-state index in [2.05, 4.69) is 242 Å². The predicted molar refractivity (Wildman–Crippen MR) is 249 cm³/mol. The van der Waals surface area contributed by atoms with E-state index in [0.29, 0.717) is 0 Å². The average molecular weight is 743 g/mol. The first-order chi connectivity index (χ1) is 28.6. The Morgan fingerprint density at radius 2 is 0.569 bits per heavy atom. The molecule has 0 aliphatic rings. The van der Waals surface area contributed by atoms with Gasteiger partial charge in [-0.05, 0) is 153 Å². The number of hydrogen-bond acceptors (Lipinski definition) is 2. The minimum absolute atomic E-state index is 1.12. The summed E-state index contributed by atoms with van der Waals surface area (Å²) in [4.78, 5) is 4.65. The number of rotatable bonds is 8. The monoisotopic (exact) mass is 742 g/mol. The van der Waals surface area contributed by atoms with E-state index in [1.807, 2.05) is 0 Å². The fraction of sp³-hybridized carbons (Fsp3) is 0.0357. The second-order valence-electron chi connectivity index (χ2n) is 15.1. The van der Waals surface area contributed by atoms with Gasteiger partial charge >= 0.3 is 0 Å². The third-order valence-corrected chi connectivity index (χ3v) is 11.3. The molecule has 2 heteroatoms. The Labute approximate surface area is 340 Å². The molecule has 0 amide bonds. The van der Waals surface area contributed by atoms with Gasteiger partial charge in [0.1, 0.15) is 0 Å². The van der Waals surface area contributed by atoms with Crippen LogP contribution in [0.5, 0.6) is 0 Å². The Morgan fingerprint density at radius 3 is 0.931 bits per heavy atom. The number of fused-ring (bicyclic) bond motifs is 5. The molecule has 0 saturated heterocycles. The second-order valence-corrected chi connectivity index (χ2v) is 15.1. The summed E-state index contributed by atoms with van der Waals surface area (Å²) < 4.78 is 0. The molecule has 0 heterocycles. The molecule has 0 saturated carbocycles. The summed E-state index contributed by atoms with van der Waals surface area (Å²) in [6, 6.07) is 79.4. The second kappa shape index (κ2) is 14.9. The molecule has 2 nitrogen and oxygen atoms in total. The van der Waals surface area contributed by atoms with E-state index in [0.717, 1.165) is 34.1 Å². The first-order valence-electron chi connectivity index (χ1n) is 20.0. The Balaban J connectivity index is 1.09. The SMILES string of the molecule is Cc1ccc(N(c2ccccc2)c2ccc(-c3cc4cc(-c5ccc(N(c6ccccc6)c6ccc(C)cc6)cc5)c5ccccc5c4c4ccccc34)cc2)cc1. The summed E-state index contributed by atoms with van der Waals surface area (Å²) in [6.07, 6.45) is 0. The zero-order valence-corrected chi connectivity index (χ0v) is 32.7. The van der Waals surface area contributed by atoms with Crippen molar-refractivity contribution >= 4 is 66.4 Å². The highest BCUT2D eigenvalue weighted by Crippen LogP contribution is 2.44. The summed E-state index contributed by atoms with van der Waals surface area (Å²) >= 11 is 0. The fourth-order valence-electron chi connectivity index (χ4n) is 8.47. The maximum Gasteiger partial charge on any atom is 0.0462 e. The molecule has 10 aromatic rings. The highest BCUT2D eigenvalue weighted by atomic mass is 15.1. The van der Waals surface area contributed by atoms with Crippen LogP contribution in [0.3, 0.4) is 0 Å². The Bertz CT molecular complexity index is 2820. The smallest absolute Gasteiger partial charge is 0.0462 e. The maximum absolute atomic E-state index is 2.40. The van der Waals surface area contributed by atoms with E-state index in [9.17, 15) is 0 Å². The minimum Gasteiger partial charge on any atom is -0.311 e. The first kappa shape index (κ1) is 35.0. The van der Waals surface area contributed by atoms with Gasteiger partial charge in [0.25, 0.3) is 0 Å². The zero-order valence-electron chi connectivity index (χ0n) is 32.7. The van der Waals surface area contributed by atoms with Crippen LogP contribution in [0.4, 0.5) is 34.1 Å². The summed E-state index contributed by atoms with van der Waals surface area (Å²) in [5, 5.41) is 7.54. The van der Waals surface area contributed by atoms with Crippen LogP contribution in [0.15, 0.2) is 218 Å². The van der Waals surface area contributed by atoms with Crippen molar-refractivity contribution in [1.82, 2.24) is 0 Å². The van der Waals surface area contributed by atoms with Crippen LogP contribution >= 0.6 is 0 Å². The van der Waals surface area contributed by atoms with Crippen LogP contribution < -0.4 is 9.80 Å². The van der Waals surface area contributed by atoms with Crippen molar-refractivity contribution in [3.63, 3.8) is 0 Å². The number of benzene rings is 10. The molecule has 0 radical (unpaired) electrons. The predicted octanol–water partition coefficient (Wildman–Crippen LogP) is 16.0. The summed E-state index contributed by atoms with van der Waals surface area (Å²) in [6.45, 7) is 4.27. The number of nitrogens with zero attached hydrogens (tertiary/aromatic N) is 2. The lowest BCUT2D eigenvalue weighted by atomic mass is 9.87. The normalized spacial score (nSPS) is 11.3. The number of aryl methyl sites for hydroxylation is 2. The lowest BCUT2D eigenvalue weighted by molar-refractivity contribution is 1.28. The van der Waals surface area contributed by atoms with Gasteiger partial charge in [-0.3, -0.25) is 0 Å². The van der Waals surface area contributed by atoms with Gasteiger partial charge in [-0.25, -0.2) is 0 Å². The molecule has 0 spiro atoms. The molecule has 0 aliphatic heterocycles. The van der Waals surface area contributed by atoms with E-state index >= 15 is 0 Å². The molecule has 276 valence electrons. The minimum atomic E-state index is 1.12. The first-order valence-corrected chi connectivity index (χ1v) is 20.0. The van der Waals surface area contributed by atoms with Crippen molar-refractivity contribution in [1.29, 1.82) is 0 Å². The fourth-order valence-corrected chi connectivity index (χ4v) is 8.47. The van der Waals surface area contributed by atoms with E-state index in [1.54, 1.807) is 0 Å². The van der Waals surface area contributed by atoms with Gasteiger partial charge in [-0.1, -0.05) is 145 Å². The number of hydrogen-bond donors (Lipinski definition) is 0. The van der Waals surface area contributed by atoms with Gasteiger partial charge in [0, 0.05) is 34.1 Å². The third kappa shape index (κ3) is 6.45. The van der Waals surface area contributed by atoms with E-state index in [4.69, 9.17) is 0 Å². The van der Waals surface area contributed by atoms with Gasteiger partial charge in [0.05, 0.1) is 0 Å². The van der Waals surface area contributed by atoms with Gasteiger partial charge in [-0.15, -0.1) is 0 Å². The maximum atomic E-state index is 2.40. The molecule has 58 heavy (non-hydrogen) atoms. The van der Waals surface area contributed by atoms with Crippen molar-refractivity contribution in [2.45, 2.75) is 13.8 Å². The number of anilines is 6. The molecule has 0 unspecified atom stereocenters. The Morgan fingerprint density at radius 1 is 0.276 bits per heavy atom. The average Bonchev–Trinajstić information content (AvgIpc) is 3.28. The molecule has 10 rings (SSSR count). The van der Waals surface area contributed by atoms with Crippen molar-refractivity contribution in [3.05, 3.63) is 230 Å². The van der Waals surface area contributed by atoms with Crippen molar-refractivity contribution in [2.75, 3.05) is 9.80 Å². The lowest BCUT2D eigenvalue weighted by Crippen LogP contribution is -2.09. The molecule has 0 N–H and O–H groups in total. The van der Waals surface area contributed by atoms with Crippen molar-refractivity contribution in [2.24, 2.45) is 0 Å². The lowest BCUT2D eigenvalue weighted by Gasteiger charge is -2.26. The molecule has 0 bridgehead atoms. The zero-order chi connectivity index (χ0) is 39.0. The molecule has 0 atom stereocenters. The Hall–Kier alpha value is -7.42. The molecular formula is C56H42N2. The highest BCUT2D eigenvalue weighted by molar-refractivity contribution is 6.25. The third-order valence-electron chi connectivity index (χ3n) is 11.3. The summed E-state index contributed by atoms with van der Waals surface area (Å²) in [5.74, 6) is 0. The molecule has 0 aliphatic carbocycles. The van der Waals surface area contributed by atoms with Crippen LogP contribution in [0, 0.1) is 13.8 Å². The topological polar surface area (TPSA) is 6.48 Å². The van der Waals surface area contributed by atoms with Gasteiger partial charge in [0.2, 0.25) is 0 Å². The van der Waals surface area contributed by atoms with E-state index in [-0.39, 0.29) is 0 Å². The van der Waals surface area contributed by atoms with Crippen LogP contribution in [0.1, 0.15) is 11.1 Å². The molecule has 10 aromatic carbocycles. The van der Waals surface area contributed by atoms with Crippen LogP contribution in [-0.2, 0) is 0 Å². The standard InChI is InChI=1S/C56H42N2/c1-39-21-29-46(30-22-39)57(44-13-5-3-6-14-44)48-33-25-41(26-34-48)54-37-43-38-55(51-18-10-12-20-53(51)56(43)52-19-11-9-17-50(52)54)42-27-35-49(36-28-42)58(45-15-7-4-8-16-45)47-31-23-40(2)24-32-47/h3-38H,1-2H3.